The van der Waals surface area contributed by atoms with E-state index >= 15 is 0 Å². The molecule has 0 spiro atoms. The van der Waals surface area contributed by atoms with E-state index in [9.17, 15) is 4.79 Å². The zero-order valence-corrected chi connectivity index (χ0v) is 9.35. The van der Waals surface area contributed by atoms with Crippen molar-refractivity contribution in [1.82, 2.24) is 4.90 Å². The molecule has 3 unspecified atom stereocenters. The predicted molar refractivity (Wildman–Crippen MR) is 56.3 cm³/mol. The van der Waals surface area contributed by atoms with Gasteiger partial charge in [0.05, 0.1) is 12.2 Å². The fraction of sp³-hybridized carbons (Fsp3) is 0.900. The van der Waals surface area contributed by atoms with Crippen LogP contribution in [0.5, 0.6) is 0 Å². The topological polar surface area (TPSA) is 75.8 Å². The highest BCUT2D eigenvalue weighted by Crippen LogP contribution is 2.20. The second-order valence-corrected chi connectivity index (χ2v) is 4.13. The highest BCUT2D eigenvalue weighted by atomic mass is 16.5. The number of likely N-dealkylation sites (N-methyl/N-ethyl adjacent to an activating group) is 1. The molecule has 15 heavy (non-hydrogen) atoms. The van der Waals surface area contributed by atoms with Gasteiger partial charge in [0.2, 0.25) is 0 Å². The van der Waals surface area contributed by atoms with Crippen molar-refractivity contribution in [3.05, 3.63) is 0 Å². The van der Waals surface area contributed by atoms with E-state index in [0.717, 1.165) is 12.8 Å². The summed E-state index contributed by atoms with van der Waals surface area (Å²) in [6.45, 7) is 2.46. The van der Waals surface area contributed by atoms with Gasteiger partial charge in [0.1, 0.15) is 6.10 Å². The van der Waals surface area contributed by atoms with Gasteiger partial charge in [-0.05, 0) is 19.8 Å². The van der Waals surface area contributed by atoms with Gasteiger partial charge >= 0.3 is 0 Å². The third-order valence-corrected chi connectivity index (χ3v) is 2.56. The Morgan fingerprint density at radius 3 is 2.80 bits per heavy atom. The summed E-state index contributed by atoms with van der Waals surface area (Å²) in [5.41, 5.74) is 5.46. The van der Waals surface area contributed by atoms with E-state index in [4.69, 9.17) is 15.6 Å². The van der Waals surface area contributed by atoms with Crippen molar-refractivity contribution in [2.45, 2.75) is 38.1 Å². The summed E-state index contributed by atoms with van der Waals surface area (Å²) in [6, 6.07) is 0. The first-order valence-corrected chi connectivity index (χ1v) is 5.33. The second kappa shape index (κ2) is 5.44. The first-order chi connectivity index (χ1) is 7.04. The van der Waals surface area contributed by atoms with Crippen LogP contribution in [0.3, 0.4) is 0 Å². The van der Waals surface area contributed by atoms with Crippen LogP contribution in [0.4, 0.5) is 0 Å². The van der Waals surface area contributed by atoms with Crippen LogP contribution in [-0.4, -0.2) is 54.4 Å². The maximum Gasteiger partial charge on any atom is 0.251 e. The van der Waals surface area contributed by atoms with E-state index in [-0.39, 0.29) is 18.1 Å². The molecule has 1 aliphatic rings. The van der Waals surface area contributed by atoms with E-state index in [0.29, 0.717) is 13.1 Å². The number of amides is 1. The van der Waals surface area contributed by atoms with E-state index in [1.54, 1.807) is 14.0 Å². The minimum absolute atomic E-state index is 0.0129. The molecule has 1 saturated heterocycles. The minimum Gasteiger partial charge on any atom is -0.392 e. The first-order valence-electron chi connectivity index (χ1n) is 5.33. The normalized spacial score (nSPS) is 27.7. The molecule has 3 atom stereocenters. The molecule has 1 rings (SSSR count). The Bertz CT molecular complexity index is 221. The number of hydrogen-bond donors (Lipinski definition) is 2. The molecule has 0 aliphatic carbocycles. The molecule has 88 valence electrons. The first kappa shape index (κ1) is 12.4. The van der Waals surface area contributed by atoms with Crippen LogP contribution in [0, 0.1) is 0 Å². The quantitative estimate of drug-likeness (QED) is 0.653. The summed E-state index contributed by atoms with van der Waals surface area (Å²) in [7, 11) is 1.67. The van der Waals surface area contributed by atoms with E-state index in [1.165, 1.54) is 4.90 Å². The number of hydrogen-bond acceptors (Lipinski definition) is 4. The fourth-order valence-corrected chi connectivity index (χ4v) is 1.79. The van der Waals surface area contributed by atoms with Crippen molar-refractivity contribution < 1.29 is 14.6 Å². The van der Waals surface area contributed by atoms with E-state index in [2.05, 4.69) is 0 Å². The smallest absolute Gasteiger partial charge is 0.251 e. The lowest BCUT2D eigenvalue weighted by molar-refractivity contribution is -0.142. The SMILES string of the molecule is CC(O)CN(C)C(=O)C1CCC(CN)O1. The molecular formula is C10H20N2O3. The lowest BCUT2D eigenvalue weighted by Crippen LogP contribution is -2.40. The maximum atomic E-state index is 11.8. The summed E-state index contributed by atoms with van der Waals surface area (Å²) < 4.78 is 5.48. The van der Waals surface area contributed by atoms with Crippen LogP contribution in [0.2, 0.25) is 0 Å². The molecular weight excluding hydrogens is 196 g/mol. The lowest BCUT2D eigenvalue weighted by atomic mass is 10.2. The average Bonchev–Trinajstić information content (AvgIpc) is 2.63. The molecule has 1 aliphatic heterocycles. The van der Waals surface area contributed by atoms with Crippen molar-refractivity contribution >= 4 is 5.91 Å². The molecule has 0 aromatic rings. The van der Waals surface area contributed by atoms with Crippen LogP contribution < -0.4 is 5.73 Å². The van der Waals surface area contributed by atoms with Gasteiger partial charge in [-0.2, -0.15) is 0 Å². The van der Waals surface area contributed by atoms with Crippen LogP contribution in [0.25, 0.3) is 0 Å². The highest BCUT2D eigenvalue weighted by molar-refractivity contribution is 5.81. The Balaban J connectivity index is 2.40. The molecule has 0 bridgehead atoms. The minimum atomic E-state index is -0.509. The molecule has 0 aromatic heterocycles. The number of ether oxygens (including phenoxy) is 1. The van der Waals surface area contributed by atoms with E-state index < -0.39 is 6.10 Å². The molecule has 5 nitrogen and oxygen atoms in total. The van der Waals surface area contributed by atoms with Crippen molar-refractivity contribution in [3.8, 4) is 0 Å². The van der Waals surface area contributed by atoms with Gasteiger partial charge in [0, 0.05) is 20.1 Å². The molecule has 0 saturated carbocycles. The van der Waals surface area contributed by atoms with Gasteiger partial charge < -0.3 is 20.5 Å². The van der Waals surface area contributed by atoms with Crippen molar-refractivity contribution in [3.63, 3.8) is 0 Å². The van der Waals surface area contributed by atoms with Gasteiger partial charge in [-0.1, -0.05) is 0 Å². The molecule has 1 heterocycles. The number of nitrogens with two attached hydrogens (primary N) is 1. The third kappa shape index (κ3) is 3.44. The largest absolute Gasteiger partial charge is 0.392 e. The lowest BCUT2D eigenvalue weighted by Gasteiger charge is -2.22. The molecule has 5 heteroatoms. The summed E-state index contributed by atoms with van der Waals surface area (Å²) in [5.74, 6) is -0.0631. The predicted octanol–water partition coefficient (Wildman–Crippen LogP) is -0.668. The van der Waals surface area contributed by atoms with Gasteiger partial charge in [0.25, 0.3) is 5.91 Å². The Kier molecular flexibility index (Phi) is 4.50. The molecule has 1 amide bonds. The van der Waals surface area contributed by atoms with Crippen LogP contribution in [0.15, 0.2) is 0 Å². The summed E-state index contributed by atoms with van der Waals surface area (Å²) in [4.78, 5) is 13.3. The second-order valence-electron chi connectivity index (χ2n) is 4.13. The maximum absolute atomic E-state index is 11.8. The van der Waals surface area contributed by atoms with Gasteiger partial charge in [-0.25, -0.2) is 0 Å². The number of carbonyl (C=O) groups excluding carboxylic acids is 1. The van der Waals surface area contributed by atoms with Gasteiger partial charge in [0.15, 0.2) is 0 Å². The Labute approximate surface area is 90.2 Å². The number of aliphatic hydroxyl groups is 1. The molecule has 0 radical (unpaired) electrons. The van der Waals surface area contributed by atoms with Crippen molar-refractivity contribution in [2.75, 3.05) is 20.1 Å². The summed E-state index contributed by atoms with van der Waals surface area (Å²) in [5, 5.41) is 9.16. The highest BCUT2D eigenvalue weighted by Gasteiger charge is 2.31. The fourth-order valence-electron chi connectivity index (χ4n) is 1.79. The Morgan fingerprint density at radius 2 is 2.33 bits per heavy atom. The van der Waals surface area contributed by atoms with Gasteiger partial charge in [-0.15, -0.1) is 0 Å². The average molecular weight is 216 g/mol. The van der Waals surface area contributed by atoms with Crippen molar-refractivity contribution in [1.29, 1.82) is 0 Å². The molecule has 1 fully saturated rings. The number of carbonyl (C=O) groups is 1. The summed E-state index contributed by atoms with van der Waals surface area (Å²) in [6.07, 6.45) is 0.701. The Hall–Kier alpha value is -0.650. The third-order valence-electron chi connectivity index (χ3n) is 2.56. The number of rotatable bonds is 4. The number of aliphatic hydroxyl groups excluding tert-OH is 1. The standard InChI is InChI=1S/C10H20N2O3/c1-7(13)6-12(2)10(14)9-4-3-8(5-11)15-9/h7-9,13H,3-6,11H2,1-2H3. The summed E-state index contributed by atoms with van der Waals surface area (Å²) >= 11 is 0. The van der Waals surface area contributed by atoms with Crippen molar-refractivity contribution in [2.24, 2.45) is 5.73 Å². The Morgan fingerprint density at radius 1 is 1.67 bits per heavy atom. The molecule has 3 N–H and O–H groups in total. The van der Waals surface area contributed by atoms with Crippen LogP contribution in [0.1, 0.15) is 19.8 Å². The number of nitrogens with zero attached hydrogens (tertiary/aromatic N) is 1. The monoisotopic (exact) mass is 216 g/mol. The van der Waals surface area contributed by atoms with E-state index in [1.807, 2.05) is 0 Å². The van der Waals surface area contributed by atoms with Crippen LogP contribution in [-0.2, 0) is 9.53 Å². The zero-order chi connectivity index (χ0) is 11.4. The zero-order valence-electron chi connectivity index (χ0n) is 9.35. The molecule has 0 aromatic carbocycles. The van der Waals surface area contributed by atoms with Crippen LogP contribution >= 0.6 is 0 Å². The van der Waals surface area contributed by atoms with Gasteiger partial charge in [-0.3, -0.25) is 4.79 Å².